The maximum Gasteiger partial charge on any atom is 0.329 e. The SMILES string of the molecule is C[C@H]1CCCC[NH+]1Cc1nc2c(c(=O)[nH]c(=O)n2C)n1Cc1cccc2ccccc12. The number of benzene rings is 2. The highest BCUT2D eigenvalue weighted by Gasteiger charge is 2.26. The molecule has 2 aromatic heterocycles. The van der Waals surface area contributed by atoms with E-state index in [1.54, 1.807) is 7.05 Å². The van der Waals surface area contributed by atoms with Crippen LogP contribution < -0.4 is 16.1 Å². The molecule has 1 aliphatic heterocycles. The van der Waals surface area contributed by atoms with Gasteiger partial charge in [0.2, 0.25) is 0 Å². The molecule has 2 N–H and O–H groups in total. The highest BCUT2D eigenvalue weighted by Crippen LogP contribution is 2.21. The Morgan fingerprint density at radius 3 is 2.77 bits per heavy atom. The summed E-state index contributed by atoms with van der Waals surface area (Å²) in [6.45, 7) is 4.67. The van der Waals surface area contributed by atoms with E-state index in [9.17, 15) is 9.59 Å². The number of piperidine rings is 1. The normalized spacial score (nSPS) is 19.3. The number of nitrogens with one attached hydrogen (secondary N) is 2. The van der Waals surface area contributed by atoms with Gasteiger partial charge in [-0.15, -0.1) is 0 Å². The minimum atomic E-state index is -0.433. The van der Waals surface area contributed by atoms with Crippen LogP contribution >= 0.6 is 0 Å². The lowest BCUT2D eigenvalue weighted by Gasteiger charge is -2.30. The van der Waals surface area contributed by atoms with Crippen LogP contribution in [0.1, 0.15) is 37.6 Å². The molecule has 1 saturated heterocycles. The standard InChI is InChI=1S/C24H27N5O2/c1-16-8-5-6-13-28(16)15-20-25-22-21(23(30)26-24(31)27(22)2)29(20)14-18-11-7-10-17-9-3-4-12-19(17)18/h3-4,7,9-12,16H,5-6,8,13-15H2,1-2H3,(H,26,30,31)/p+1/t16-/m0/s1. The van der Waals surface area contributed by atoms with Gasteiger partial charge in [-0.05, 0) is 42.5 Å². The Morgan fingerprint density at radius 2 is 1.94 bits per heavy atom. The van der Waals surface area contributed by atoms with Crippen molar-refractivity contribution < 1.29 is 4.90 Å². The maximum atomic E-state index is 12.9. The summed E-state index contributed by atoms with van der Waals surface area (Å²) in [7, 11) is 1.66. The molecule has 0 radical (unpaired) electrons. The van der Waals surface area contributed by atoms with E-state index in [-0.39, 0.29) is 5.56 Å². The van der Waals surface area contributed by atoms with Crippen LogP contribution in [0.15, 0.2) is 52.1 Å². The number of likely N-dealkylation sites (tertiary alicyclic amines) is 1. The number of quaternary nitrogens is 1. The van der Waals surface area contributed by atoms with Gasteiger partial charge in [-0.3, -0.25) is 14.3 Å². The van der Waals surface area contributed by atoms with Crippen molar-refractivity contribution in [1.82, 2.24) is 19.1 Å². The van der Waals surface area contributed by atoms with Crippen molar-refractivity contribution in [3.05, 3.63) is 74.7 Å². The zero-order valence-corrected chi connectivity index (χ0v) is 18.0. The van der Waals surface area contributed by atoms with E-state index in [2.05, 4.69) is 36.2 Å². The first-order valence-corrected chi connectivity index (χ1v) is 11.0. The maximum absolute atomic E-state index is 12.9. The number of imidazole rings is 1. The van der Waals surface area contributed by atoms with Gasteiger partial charge in [0.1, 0.15) is 6.54 Å². The van der Waals surface area contributed by atoms with E-state index < -0.39 is 5.69 Å². The molecule has 2 atom stereocenters. The van der Waals surface area contributed by atoms with Crippen molar-refractivity contribution in [2.24, 2.45) is 7.05 Å². The molecule has 0 aliphatic carbocycles. The predicted octanol–water partition coefficient (Wildman–Crippen LogP) is 1.58. The fourth-order valence-corrected chi connectivity index (χ4v) is 4.90. The van der Waals surface area contributed by atoms with Crippen molar-refractivity contribution in [2.75, 3.05) is 6.54 Å². The first kappa shape index (κ1) is 19.8. The lowest BCUT2D eigenvalue weighted by molar-refractivity contribution is -0.942. The lowest BCUT2D eigenvalue weighted by atomic mass is 10.0. The quantitative estimate of drug-likeness (QED) is 0.528. The molecule has 1 unspecified atom stereocenters. The second-order valence-corrected chi connectivity index (χ2v) is 8.72. The van der Waals surface area contributed by atoms with Gasteiger partial charge in [0, 0.05) is 7.05 Å². The van der Waals surface area contributed by atoms with Crippen LogP contribution in [0.3, 0.4) is 0 Å². The van der Waals surface area contributed by atoms with Crippen LogP contribution in [0.4, 0.5) is 0 Å². The molecule has 0 amide bonds. The summed E-state index contributed by atoms with van der Waals surface area (Å²) in [5.74, 6) is 0.860. The van der Waals surface area contributed by atoms with E-state index in [0.29, 0.717) is 23.8 Å². The molecule has 0 bridgehead atoms. The fraction of sp³-hybridized carbons (Fsp3) is 0.375. The number of fused-ring (bicyclic) bond motifs is 2. The minimum absolute atomic E-state index is 0.376. The summed E-state index contributed by atoms with van der Waals surface area (Å²) >= 11 is 0. The number of hydrogen-bond acceptors (Lipinski definition) is 3. The molecule has 7 nitrogen and oxygen atoms in total. The zero-order chi connectivity index (χ0) is 21.5. The zero-order valence-electron chi connectivity index (χ0n) is 18.0. The van der Waals surface area contributed by atoms with E-state index >= 15 is 0 Å². The molecular weight excluding hydrogens is 390 g/mol. The van der Waals surface area contributed by atoms with Crippen LogP contribution in [0.25, 0.3) is 21.9 Å². The molecule has 0 saturated carbocycles. The molecule has 0 spiro atoms. The molecule has 2 aromatic carbocycles. The third-order valence-corrected chi connectivity index (χ3v) is 6.76. The number of aryl methyl sites for hydroxylation is 1. The van der Waals surface area contributed by atoms with Crippen LogP contribution in [0.5, 0.6) is 0 Å². The topological polar surface area (TPSA) is 77.1 Å². The van der Waals surface area contributed by atoms with Crippen LogP contribution in [-0.4, -0.2) is 31.7 Å². The van der Waals surface area contributed by atoms with Gasteiger partial charge in [0.15, 0.2) is 17.0 Å². The second-order valence-electron chi connectivity index (χ2n) is 8.72. The third-order valence-electron chi connectivity index (χ3n) is 6.76. The molecule has 1 fully saturated rings. The van der Waals surface area contributed by atoms with Gasteiger partial charge < -0.3 is 9.47 Å². The van der Waals surface area contributed by atoms with Gasteiger partial charge in [-0.25, -0.2) is 9.78 Å². The first-order valence-electron chi connectivity index (χ1n) is 11.0. The highest BCUT2D eigenvalue weighted by molar-refractivity contribution is 5.85. The number of rotatable bonds is 4. The Bertz CT molecular complexity index is 1380. The van der Waals surface area contributed by atoms with Gasteiger partial charge in [0.25, 0.3) is 5.56 Å². The Hall–Kier alpha value is -3.19. The Kier molecular flexibility index (Phi) is 4.98. The summed E-state index contributed by atoms with van der Waals surface area (Å²) < 4.78 is 3.46. The monoisotopic (exact) mass is 418 g/mol. The van der Waals surface area contributed by atoms with Gasteiger partial charge in [-0.2, -0.15) is 0 Å². The molecular formula is C24H28N5O2+. The Balaban J connectivity index is 1.68. The van der Waals surface area contributed by atoms with E-state index in [1.165, 1.54) is 34.1 Å². The van der Waals surface area contributed by atoms with Crippen LogP contribution in [0.2, 0.25) is 0 Å². The van der Waals surface area contributed by atoms with E-state index in [1.807, 2.05) is 22.8 Å². The Labute approximate surface area is 180 Å². The molecule has 3 heterocycles. The van der Waals surface area contributed by atoms with E-state index in [0.717, 1.165) is 29.9 Å². The average Bonchev–Trinajstić information content (AvgIpc) is 3.12. The third kappa shape index (κ3) is 3.49. The average molecular weight is 419 g/mol. The fourth-order valence-electron chi connectivity index (χ4n) is 4.90. The number of H-pyrrole nitrogens is 1. The number of aromatic amines is 1. The van der Waals surface area contributed by atoms with E-state index in [4.69, 9.17) is 4.98 Å². The van der Waals surface area contributed by atoms with Crippen molar-refractivity contribution in [1.29, 1.82) is 0 Å². The molecule has 5 rings (SSSR count). The lowest BCUT2D eigenvalue weighted by Crippen LogP contribution is -3.15. The van der Waals surface area contributed by atoms with Crippen molar-refractivity contribution >= 4 is 21.9 Å². The molecule has 31 heavy (non-hydrogen) atoms. The highest BCUT2D eigenvalue weighted by atomic mass is 16.2. The van der Waals surface area contributed by atoms with Crippen molar-refractivity contribution in [2.45, 2.75) is 45.3 Å². The smallest absolute Gasteiger partial charge is 0.326 e. The molecule has 160 valence electrons. The van der Waals surface area contributed by atoms with Gasteiger partial charge in [-0.1, -0.05) is 42.5 Å². The Morgan fingerprint density at radius 1 is 1.13 bits per heavy atom. The summed E-state index contributed by atoms with van der Waals surface area (Å²) in [6, 6.07) is 15.1. The summed E-state index contributed by atoms with van der Waals surface area (Å²) in [4.78, 5) is 33.8. The van der Waals surface area contributed by atoms with Gasteiger partial charge >= 0.3 is 5.69 Å². The molecule has 7 heteroatoms. The summed E-state index contributed by atoms with van der Waals surface area (Å²) in [6.07, 6.45) is 3.69. The van der Waals surface area contributed by atoms with Crippen molar-refractivity contribution in [3.63, 3.8) is 0 Å². The van der Waals surface area contributed by atoms with Crippen molar-refractivity contribution in [3.8, 4) is 0 Å². The predicted molar refractivity (Wildman–Crippen MR) is 121 cm³/mol. The van der Waals surface area contributed by atoms with Gasteiger partial charge in [0.05, 0.1) is 19.1 Å². The number of hydrogen-bond donors (Lipinski definition) is 2. The first-order chi connectivity index (χ1) is 15.0. The van der Waals surface area contributed by atoms with Crippen LogP contribution in [-0.2, 0) is 20.1 Å². The largest absolute Gasteiger partial charge is 0.329 e. The summed E-state index contributed by atoms with van der Waals surface area (Å²) in [5, 5.41) is 2.33. The summed E-state index contributed by atoms with van der Waals surface area (Å²) in [5.41, 5.74) is 1.24. The number of aromatic nitrogens is 4. The minimum Gasteiger partial charge on any atom is -0.326 e. The molecule has 4 aromatic rings. The molecule has 1 aliphatic rings. The number of nitrogens with zero attached hydrogens (tertiary/aromatic N) is 3. The second kappa shape index (κ2) is 7.81. The van der Waals surface area contributed by atoms with Crippen LogP contribution in [0, 0.1) is 0 Å².